The minimum atomic E-state index is -4.45. The first-order valence-electron chi connectivity index (χ1n) is 13.5. The van der Waals surface area contributed by atoms with Gasteiger partial charge in [-0.05, 0) is 69.0 Å². The molecule has 1 amide bonds. The van der Waals surface area contributed by atoms with E-state index < -0.39 is 29.5 Å². The highest BCUT2D eigenvalue weighted by molar-refractivity contribution is 6.36. The molecule has 6 nitrogen and oxygen atoms in total. The summed E-state index contributed by atoms with van der Waals surface area (Å²) in [5.41, 5.74) is 1.47. The highest BCUT2D eigenvalue weighted by atomic mass is 19.4. The molecule has 9 heteroatoms. The minimum Gasteiger partial charge on any atom is -0.378 e. The number of halogens is 3. The van der Waals surface area contributed by atoms with E-state index in [0.717, 1.165) is 37.7 Å². The summed E-state index contributed by atoms with van der Waals surface area (Å²) in [4.78, 5) is 27.0. The number of anilines is 1. The van der Waals surface area contributed by atoms with Crippen molar-refractivity contribution >= 4 is 17.4 Å². The zero-order valence-electron chi connectivity index (χ0n) is 21.3. The number of likely N-dealkylation sites (tertiary alicyclic amines) is 1. The molecule has 0 unspecified atom stereocenters. The first-order valence-corrected chi connectivity index (χ1v) is 13.5. The molecule has 0 bridgehead atoms. The Hall–Kier alpha value is -2.91. The number of hydrogen-bond acceptors (Lipinski definition) is 5. The van der Waals surface area contributed by atoms with Crippen LogP contribution >= 0.6 is 0 Å². The van der Waals surface area contributed by atoms with Crippen LogP contribution in [0.15, 0.2) is 48.5 Å². The van der Waals surface area contributed by atoms with Gasteiger partial charge in [0.05, 0.1) is 23.8 Å². The summed E-state index contributed by atoms with van der Waals surface area (Å²) in [6.07, 6.45) is -1.16. The molecule has 3 aliphatic heterocycles. The average molecular weight is 530 g/mol. The van der Waals surface area contributed by atoms with Crippen molar-refractivity contribution in [3.63, 3.8) is 0 Å². The smallest absolute Gasteiger partial charge is 0.378 e. The van der Waals surface area contributed by atoms with Crippen LogP contribution in [0.3, 0.4) is 0 Å². The van der Waals surface area contributed by atoms with Crippen molar-refractivity contribution in [3.8, 4) is 0 Å². The Bertz CT molecular complexity index is 1130. The van der Waals surface area contributed by atoms with Gasteiger partial charge in [0, 0.05) is 36.7 Å². The third-order valence-electron chi connectivity index (χ3n) is 7.99. The summed E-state index contributed by atoms with van der Waals surface area (Å²) in [6, 6.07) is 13.5. The second-order valence-corrected chi connectivity index (χ2v) is 10.5. The summed E-state index contributed by atoms with van der Waals surface area (Å²) in [7, 11) is 0. The molecule has 0 aromatic heterocycles. The lowest BCUT2D eigenvalue weighted by Gasteiger charge is -2.46. The van der Waals surface area contributed by atoms with Crippen LogP contribution in [0.25, 0.3) is 0 Å². The molecular weight excluding hydrogens is 495 g/mol. The van der Waals surface area contributed by atoms with E-state index >= 15 is 0 Å². The van der Waals surface area contributed by atoms with E-state index in [9.17, 15) is 22.8 Å². The van der Waals surface area contributed by atoms with Crippen LogP contribution in [0.5, 0.6) is 0 Å². The summed E-state index contributed by atoms with van der Waals surface area (Å²) in [6.45, 7) is 3.24. The Morgan fingerprint density at radius 3 is 2.55 bits per heavy atom. The predicted octanol–water partition coefficient (Wildman–Crippen LogP) is 5.27. The lowest BCUT2D eigenvalue weighted by atomic mass is 9.76. The number of nitrogens with one attached hydrogen (secondary N) is 2. The summed E-state index contributed by atoms with van der Waals surface area (Å²) in [5.74, 6) is -1.12. The number of rotatable bonds is 8. The van der Waals surface area contributed by atoms with Crippen LogP contribution in [0.1, 0.15) is 67.4 Å². The molecule has 0 saturated carbocycles. The standard InChI is InChI=1S/C29H34F3N3O3/c30-29(31,32)20-8-12-24-23(18-20)27-22(26(34-24)19-6-2-1-3-7-19)11-9-21(38-27)10-13-25(36)28(37)33-14-17-35-15-4-5-16-35/h1-3,6-8,12,18,21-22,26-27,34H,4-5,9-11,13-17H2,(H,33,37)/t21-,22+,26+,27+/m1/s1. The highest BCUT2D eigenvalue weighted by Gasteiger charge is 2.43. The number of carbonyl (C=O) groups is 2. The molecular formula is C29H34F3N3O3. The molecule has 204 valence electrons. The number of carbonyl (C=O) groups excluding carboxylic acids is 2. The van der Waals surface area contributed by atoms with Crippen molar-refractivity contribution in [2.45, 2.75) is 63.0 Å². The molecule has 0 radical (unpaired) electrons. The van der Waals surface area contributed by atoms with Crippen LogP contribution in [-0.2, 0) is 20.5 Å². The molecule has 3 heterocycles. The van der Waals surface area contributed by atoms with Gasteiger partial charge in [0.2, 0.25) is 5.78 Å². The van der Waals surface area contributed by atoms with Crippen LogP contribution < -0.4 is 10.6 Å². The highest BCUT2D eigenvalue weighted by Crippen LogP contribution is 2.51. The lowest BCUT2D eigenvalue weighted by Crippen LogP contribution is -2.40. The maximum absolute atomic E-state index is 13.5. The Morgan fingerprint density at radius 1 is 1.05 bits per heavy atom. The Labute approximate surface area is 220 Å². The van der Waals surface area contributed by atoms with E-state index in [1.807, 2.05) is 30.3 Å². The lowest BCUT2D eigenvalue weighted by molar-refractivity contribution is -0.139. The Morgan fingerprint density at radius 2 is 1.82 bits per heavy atom. The first kappa shape index (κ1) is 26.7. The van der Waals surface area contributed by atoms with Crippen LogP contribution in [0.4, 0.5) is 18.9 Å². The zero-order valence-corrected chi connectivity index (χ0v) is 21.3. The van der Waals surface area contributed by atoms with E-state index in [2.05, 4.69) is 15.5 Å². The minimum absolute atomic E-state index is 0.0490. The molecule has 2 aromatic carbocycles. The van der Waals surface area contributed by atoms with Crippen LogP contribution in [0.2, 0.25) is 0 Å². The fraction of sp³-hybridized carbons (Fsp3) is 0.517. The summed E-state index contributed by atoms with van der Waals surface area (Å²) < 4.78 is 47.0. The Balaban J connectivity index is 1.25. The van der Waals surface area contributed by atoms with E-state index in [0.29, 0.717) is 30.6 Å². The van der Waals surface area contributed by atoms with Crippen molar-refractivity contribution in [3.05, 3.63) is 65.2 Å². The molecule has 5 rings (SSSR count). The number of fused-ring (bicyclic) bond motifs is 3. The van der Waals surface area contributed by atoms with Gasteiger partial charge in [0.1, 0.15) is 0 Å². The van der Waals surface area contributed by atoms with E-state index in [-0.39, 0.29) is 24.5 Å². The topological polar surface area (TPSA) is 70.7 Å². The van der Waals surface area contributed by atoms with Gasteiger partial charge in [-0.25, -0.2) is 0 Å². The molecule has 2 fully saturated rings. The number of ether oxygens (including phenoxy) is 1. The molecule has 0 aliphatic carbocycles. The first-order chi connectivity index (χ1) is 18.3. The quantitative estimate of drug-likeness (QED) is 0.456. The maximum atomic E-state index is 13.5. The average Bonchev–Trinajstić information content (AvgIpc) is 3.44. The van der Waals surface area contributed by atoms with Gasteiger partial charge >= 0.3 is 6.18 Å². The Kier molecular flexibility index (Phi) is 8.04. The number of benzene rings is 2. The molecule has 2 aromatic rings. The number of amides is 1. The maximum Gasteiger partial charge on any atom is 0.416 e. The van der Waals surface area contributed by atoms with Gasteiger partial charge in [-0.15, -0.1) is 0 Å². The van der Waals surface area contributed by atoms with Crippen molar-refractivity contribution in [2.24, 2.45) is 5.92 Å². The van der Waals surface area contributed by atoms with Gasteiger partial charge in [0.25, 0.3) is 5.91 Å². The number of Topliss-reactive ketones (excluding diaryl/α,β-unsaturated/α-hetero) is 1. The zero-order chi connectivity index (χ0) is 26.7. The van der Waals surface area contributed by atoms with E-state index in [1.54, 1.807) is 0 Å². The molecule has 2 saturated heterocycles. The normalized spacial score (nSPS) is 25.2. The van der Waals surface area contributed by atoms with Crippen LogP contribution in [-0.4, -0.2) is 48.9 Å². The van der Waals surface area contributed by atoms with E-state index in [4.69, 9.17) is 4.74 Å². The molecule has 4 atom stereocenters. The third kappa shape index (κ3) is 6.04. The van der Waals surface area contributed by atoms with E-state index in [1.165, 1.54) is 25.0 Å². The summed E-state index contributed by atoms with van der Waals surface area (Å²) >= 11 is 0. The van der Waals surface area contributed by atoms with Crippen molar-refractivity contribution in [1.82, 2.24) is 10.2 Å². The van der Waals surface area contributed by atoms with Gasteiger partial charge in [-0.3, -0.25) is 9.59 Å². The molecule has 3 aliphatic rings. The van der Waals surface area contributed by atoms with Crippen LogP contribution in [0, 0.1) is 5.92 Å². The van der Waals surface area contributed by atoms with Crippen molar-refractivity contribution in [1.29, 1.82) is 0 Å². The van der Waals surface area contributed by atoms with Gasteiger partial charge in [-0.1, -0.05) is 30.3 Å². The SMILES string of the molecule is O=C(CC[C@H]1CC[C@@H]2[C@H](O1)c1cc(C(F)(F)F)ccc1N[C@H]2c1ccccc1)C(=O)NCCN1CCCC1. The number of ketones is 1. The number of hydrogen-bond donors (Lipinski definition) is 2. The third-order valence-corrected chi connectivity index (χ3v) is 7.99. The molecule has 38 heavy (non-hydrogen) atoms. The van der Waals surface area contributed by atoms with Gasteiger partial charge in [0.15, 0.2) is 0 Å². The second kappa shape index (κ2) is 11.5. The van der Waals surface area contributed by atoms with Crippen molar-refractivity contribution < 1.29 is 27.5 Å². The monoisotopic (exact) mass is 529 g/mol. The number of nitrogens with zero attached hydrogens (tertiary/aromatic N) is 1. The van der Waals surface area contributed by atoms with Crippen molar-refractivity contribution in [2.75, 3.05) is 31.5 Å². The largest absolute Gasteiger partial charge is 0.416 e. The van der Waals surface area contributed by atoms with Gasteiger partial charge < -0.3 is 20.3 Å². The molecule has 0 spiro atoms. The fourth-order valence-electron chi connectivity index (χ4n) is 5.97. The number of alkyl halides is 3. The summed E-state index contributed by atoms with van der Waals surface area (Å²) in [5, 5.41) is 6.17. The fourth-order valence-corrected chi connectivity index (χ4v) is 5.97. The predicted molar refractivity (Wildman–Crippen MR) is 138 cm³/mol. The molecule has 2 N–H and O–H groups in total. The second-order valence-electron chi connectivity index (χ2n) is 10.5. The van der Waals surface area contributed by atoms with Gasteiger partial charge in [-0.2, -0.15) is 13.2 Å².